The Labute approximate surface area is 88.6 Å². The van der Waals surface area contributed by atoms with Gasteiger partial charge >= 0.3 is 0 Å². The Bertz CT molecular complexity index is 356. The molecule has 1 saturated heterocycles. The molecular formula is C10H16N4O. The summed E-state index contributed by atoms with van der Waals surface area (Å²) in [7, 11) is 0. The van der Waals surface area contributed by atoms with Crippen LogP contribution in [0.25, 0.3) is 0 Å². The Morgan fingerprint density at radius 1 is 1.40 bits per heavy atom. The summed E-state index contributed by atoms with van der Waals surface area (Å²) >= 11 is 0. The van der Waals surface area contributed by atoms with Crippen LogP contribution in [0.2, 0.25) is 0 Å². The van der Waals surface area contributed by atoms with Gasteiger partial charge in [-0.05, 0) is 19.3 Å². The largest absolute Gasteiger partial charge is 0.370 e. The molecule has 5 nitrogen and oxygen atoms in total. The molecule has 2 atom stereocenters. The smallest absolute Gasteiger partial charge is 0.179 e. The molecule has 2 aliphatic rings. The first-order valence-corrected chi connectivity index (χ1v) is 5.64. The van der Waals surface area contributed by atoms with Gasteiger partial charge in [0.2, 0.25) is 0 Å². The lowest BCUT2D eigenvalue weighted by Crippen LogP contribution is -2.32. The van der Waals surface area contributed by atoms with Crippen LogP contribution in [0.5, 0.6) is 0 Å². The van der Waals surface area contributed by atoms with Gasteiger partial charge in [-0.3, -0.25) is 0 Å². The van der Waals surface area contributed by atoms with Crippen LogP contribution in [0.1, 0.15) is 37.0 Å². The molecule has 3 heterocycles. The molecule has 1 fully saturated rings. The quantitative estimate of drug-likeness (QED) is 0.725. The van der Waals surface area contributed by atoms with Gasteiger partial charge < -0.3 is 10.5 Å². The van der Waals surface area contributed by atoms with Gasteiger partial charge in [-0.25, -0.2) is 9.67 Å². The molecule has 3 rings (SSSR count). The summed E-state index contributed by atoms with van der Waals surface area (Å²) < 4.78 is 7.52. The molecule has 2 unspecified atom stereocenters. The van der Waals surface area contributed by atoms with Crippen LogP contribution in [-0.4, -0.2) is 27.4 Å². The third kappa shape index (κ3) is 1.66. The lowest BCUT2D eigenvalue weighted by atomic mass is 10.1. The second kappa shape index (κ2) is 3.57. The molecule has 0 radical (unpaired) electrons. The van der Waals surface area contributed by atoms with Gasteiger partial charge in [0.05, 0.1) is 6.54 Å². The predicted octanol–water partition coefficient (Wildman–Crippen LogP) is 0.403. The normalized spacial score (nSPS) is 30.5. The number of ether oxygens (including phenoxy) is 1. The van der Waals surface area contributed by atoms with Crippen molar-refractivity contribution in [1.82, 2.24) is 14.8 Å². The first kappa shape index (κ1) is 9.30. The second-order valence-electron chi connectivity index (χ2n) is 4.37. The van der Waals surface area contributed by atoms with E-state index in [1.807, 2.05) is 4.68 Å². The van der Waals surface area contributed by atoms with Crippen molar-refractivity contribution in [1.29, 1.82) is 0 Å². The first-order chi connectivity index (χ1) is 7.33. The maximum absolute atomic E-state index is 5.89. The molecule has 1 aromatic rings. The Morgan fingerprint density at radius 2 is 2.33 bits per heavy atom. The highest BCUT2D eigenvalue weighted by molar-refractivity contribution is 5.01. The summed E-state index contributed by atoms with van der Waals surface area (Å²) in [6.45, 7) is 1.64. The van der Waals surface area contributed by atoms with E-state index in [9.17, 15) is 0 Å². The van der Waals surface area contributed by atoms with Gasteiger partial charge in [-0.15, -0.1) is 0 Å². The third-order valence-electron chi connectivity index (χ3n) is 3.13. The van der Waals surface area contributed by atoms with Crippen molar-refractivity contribution in [2.75, 3.05) is 6.61 Å². The summed E-state index contributed by atoms with van der Waals surface area (Å²) in [5.41, 5.74) is 5.89. The van der Waals surface area contributed by atoms with Crippen LogP contribution < -0.4 is 5.73 Å². The van der Waals surface area contributed by atoms with Crippen LogP contribution in [-0.2, 0) is 17.7 Å². The zero-order valence-electron chi connectivity index (χ0n) is 8.72. The molecule has 0 bridgehead atoms. The van der Waals surface area contributed by atoms with E-state index in [4.69, 9.17) is 10.5 Å². The van der Waals surface area contributed by atoms with Crippen molar-refractivity contribution in [3.8, 4) is 0 Å². The number of aryl methyl sites for hydroxylation is 1. The zero-order chi connectivity index (χ0) is 10.3. The van der Waals surface area contributed by atoms with Crippen LogP contribution >= 0.6 is 0 Å². The number of hydrogen-bond donors (Lipinski definition) is 1. The Morgan fingerprint density at radius 3 is 3.13 bits per heavy atom. The maximum Gasteiger partial charge on any atom is 0.179 e. The highest BCUT2D eigenvalue weighted by Crippen LogP contribution is 2.26. The molecule has 0 amide bonds. The van der Waals surface area contributed by atoms with Crippen LogP contribution in [0.3, 0.4) is 0 Å². The molecule has 15 heavy (non-hydrogen) atoms. The summed E-state index contributed by atoms with van der Waals surface area (Å²) in [4.78, 5) is 4.54. The first-order valence-electron chi connectivity index (χ1n) is 5.64. The van der Waals surface area contributed by atoms with E-state index in [1.54, 1.807) is 0 Å². The molecule has 0 aliphatic carbocycles. The minimum absolute atomic E-state index is 0.124. The summed E-state index contributed by atoms with van der Waals surface area (Å²) in [5, 5.41) is 4.48. The molecule has 0 spiro atoms. The van der Waals surface area contributed by atoms with Crippen LogP contribution in [0.4, 0.5) is 0 Å². The summed E-state index contributed by atoms with van der Waals surface area (Å²) in [6, 6.07) is 0.233. The summed E-state index contributed by atoms with van der Waals surface area (Å²) in [6.07, 6.45) is 4.26. The topological polar surface area (TPSA) is 66.0 Å². The Kier molecular flexibility index (Phi) is 2.21. The van der Waals surface area contributed by atoms with E-state index in [0.717, 1.165) is 50.5 Å². The van der Waals surface area contributed by atoms with Gasteiger partial charge in [-0.2, -0.15) is 5.10 Å². The van der Waals surface area contributed by atoms with Crippen molar-refractivity contribution in [3.05, 3.63) is 11.6 Å². The molecule has 2 N–H and O–H groups in total. The van der Waals surface area contributed by atoms with E-state index in [0.29, 0.717) is 0 Å². The highest BCUT2D eigenvalue weighted by Gasteiger charge is 2.25. The predicted molar refractivity (Wildman–Crippen MR) is 54.2 cm³/mol. The van der Waals surface area contributed by atoms with E-state index < -0.39 is 0 Å². The number of fused-ring (bicyclic) bond motifs is 1. The van der Waals surface area contributed by atoms with Crippen LogP contribution in [0.15, 0.2) is 0 Å². The lowest BCUT2D eigenvalue weighted by Gasteiger charge is -2.17. The second-order valence-corrected chi connectivity index (χ2v) is 4.37. The molecule has 2 aliphatic heterocycles. The Balaban J connectivity index is 1.85. The fraction of sp³-hybridized carbons (Fsp3) is 0.800. The number of nitrogens with two attached hydrogens (primary N) is 1. The van der Waals surface area contributed by atoms with Crippen molar-refractivity contribution in [3.63, 3.8) is 0 Å². The third-order valence-corrected chi connectivity index (χ3v) is 3.13. The number of nitrogens with zero attached hydrogens (tertiary/aromatic N) is 3. The van der Waals surface area contributed by atoms with Crippen molar-refractivity contribution < 1.29 is 4.74 Å². The van der Waals surface area contributed by atoms with E-state index >= 15 is 0 Å². The summed E-state index contributed by atoms with van der Waals surface area (Å²) in [5.74, 6) is 1.93. The van der Waals surface area contributed by atoms with Crippen molar-refractivity contribution in [2.45, 2.75) is 44.4 Å². The highest BCUT2D eigenvalue weighted by atomic mass is 16.5. The molecule has 0 aromatic carbocycles. The fourth-order valence-electron chi connectivity index (χ4n) is 2.27. The number of aromatic nitrogens is 3. The average molecular weight is 208 g/mol. The minimum Gasteiger partial charge on any atom is -0.370 e. The monoisotopic (exact) mass is 208 g/mol. The molecule has 0 saturated carbocycles. The van der Waals surface area contributed by atoms with Gasteiger partial charge in [0.1, 0.15) is 11.9 Å². The van der Waals surface area contributed by atoms with E-state index in [-0.39, 0.29) is 12.1 Å². The molecular weight excluding hydrogens is 192 g/mol. The number of rotatable bonds is 1. The molecule has 1 aromatic heterocycles. The lowest BCUT2D eigenvalue weighted by molar-refractivity contribution is 0.105. The Hall–Kier alpha value is -0.940. The number of hydrogen-bond acceptors (Lipinski definition) is 4. The van der Waals surface area contributed by atoms with Gasteiger partial charge in [0.25, 0.3) is 0 Å². The van der Waals surface area contributed by atoms with Crippen molar-refractivity contribution in [2.24, 2.45) is 5.73 Å². The molecule has 82 valence electrons. The average Bonchev–Trinajstić information content (AvgIpc) is 2.84. The fourth-order valence-corrected chi connectivity index (χ4v) is 2.27. The SMILES string of the molecule is NC1CCc2nc(C3CCCO3)nn2C1. The van der Waals surface area contributed by atoms with Gasteiger partial charge in [0, 0.05) is 19.1 Å². The van der Waals surface area contributed by atoms with E-state index in [2.05, 4.69) is 10.1 Å². The zero-order valence-corrected chi connectivity index (χ0v) is 8.72. The standard InChI is InChI=1S/C10H16N4O/c11-7-3-4-9-12-10(13-14(9)6-7)8-2-1-5-15-8/h7-8H,1-6,11H2. The van der Waals surface area contributed by atoms with E-state index in [1.165, 1.54) is 0 Å². The van der Waals surface area contributed by atoms with Gasteiger partial charge in [0.15, 0.2) is 5.82 Å². The minimum atomic E-state index is 0.124. The maximum atomic E-state index is 5.89. The van der Waals surface area contributed by atoms with Crippen molar-refractivity contribution >= 4 is 0 Å². The molecule has 5 heteroatoms. The van der Waals surface area contributed by atoms with Gasteiger partial charge in [-0.1, -0.05) is 0 Å². The van der Waals surface area contributed by atoms with Crippen LogP contribution in [0, 0.1) is 0 Å².